The highest BCUT2D eigenvalue weighted by molar-refractivity contribution is 7.99. The summed E-state index contributed by atoms with van der Waals surface area (Å²) in [6.45, 7) is 2.13. The molecule has 4 heteroatoms. The van der Waals surface area contributed by atoms with E-state index in [1.165, 1.54) is 16.0 Å². The zero-order valence-corrected chi connectivity index (χ0v) is 11.7. The molecule has 0 aromatic heterocycles. The van der Waals surface area contributed by atoms with Crippen LogP contribution in [0.2, 0.25) is 0 Å². The first kappa shape index (κ1) is 13.9. The van der Waals surface area contributed by atoms with Crippen molar-refractivity contribution in [2.45, 2.75) is 17.9 Å². The van der Waals surface area contributed by atoms with Gasteiger partial charge < -0.3 is 5.32 Å². The molecule has 0 fully saturated rings. The van der Waals surface area contributed by atoms with Gasteiger partial charge in [-0.1, -0.05) is 35.3 Å². The zero-order chi connectivity index (χ0) is 12.0. The first-order valence-electron chi connectivity index (χ1n) is 5.02. The molecule has 0 saturated heterocycles. The second-order valence-corrected chi connectivity index (χ2v) is 5.18. The predicted molar refractivity (Wildman–Crippen MR) is 74.4 cm³/mol. The van der Waals surface area contributed by atoms with Gasteiger partial charge in [0.25, 0.3) is 0 Å². The van der Waals surface area contributed by atoms with Crippen LogP contribution in [0.3, 0.4) is 0 Å². The Balaban J connectivity index is 2.58. The van der Waals surface area contributed by atoms with Crippen LogP contribution in [-0.2, 0) is 0 Å². The molecule has 0 aliphatic heterocycles. The number of benzene rings is 1. The van der Waals surface area contributed by atoms with Gasteiger partial charge in [0, 0.05) is 27.3 Å². The van der Waals surface area contributed by atoms with Crippen molar-refractivity contribution < 1.29 is 0 Å². The van der Waals surface area contributed by atoms with Gasteiger partial charge in [-0.2, -0.15) is 0 Å². The standard InChI is InChI=1S/C12H15Cl2NS/c1-9(15-2)10-3-5-12(6-4-10)16-8-11(14)7-13/h3-7,9,15H,8H2,1-2H3. The molecule has 1 rings (SSSR count). The molecule has 16 heavy (non-hydrogen) atoms. The molecule has 0 saturated carbocycles. The van der Waals surface area contributed by atoms with E-state index >= 15 is 0 Å². The number of thioether (sulfide) groups is 1. The van der Waals surface area contributed by atoms with Crippen molar-refractivity contribution in [3.05, 3.63) is 40.4 Å². The number of hydrogen-bond acceptors (Lipinski definition) is 2. The Labute approximate surface area is 111 Å². The normalized spacial score (nSPS) is 13.9. The minimum absolute atomic E-state index is 0.380. The van der Waals surface area contributed by atoms with Gasteiger partial charge >= 0.3 is 0 Å². The van der Waals surface area contributed by atoms with E-state index in [4.69, 9.17) is 23.2 Å². The molecule has 0 bridgehead atoms. The van der Waals surface area contributed by atoms with Crippen molar-refractivity contribution >= 4 is 35.0 Å². The van der Waals surface area contributed by atoms with Crippen molar-refractivity contribution in [2.24, 2.45) is 0 Å². The molecule has 0 aliphatic rings. The Morgan fingerprint density at radius 2 is 2.06 bits per heavy atom. The summed E-state index contributed by atoms with van der Waals surface area (Å²) in [5.41, 5.74) is 2.69. The fraction of sp³-hybridized carbons (Fsp3) is 0.333. The van der Waals surface area contributed by atoms with Gasteiger partial charge in [-0.3, -0.25) is 0 Å². The molecule has 1 N–H and O–H groups in total. The van der Waals surface area contributed by atoms with Crippen LogP contribution in [0, 0.1) is 0 Å². The molecule has 0 radical (unpaired) electrons. The lowest BCUT2D eigenvalue weighted by Gasteiger charge is -2.10. The predicted octanol–water partition coefficient (Wildman–Crippen LogP) is 4.38. The van der Waals surface area contributed by atoms with Crippen LogP contribution in [0.25, 0.3) is 0 Å². The van der Waals surface area contributed by atoms with Gasteiger partial charge in [0.2, 0.25) is 0 Å². The summed E-state index contributed by atoms with van der Waals surface area (Å²) >= 11 is 13.0. The molecule has 1 nitrogen and oxygen atoms in total. The molecule has 0 spiro atoms. The minimum Gasteiger partial charge on any atom is -0.313 e. The highest BCUT2D eigenvalue weighted by Gasteiger charge is 2.02. The number of rotatable bonds is 5. The van der Waals surface area contributed by atoms with Gasteiger partial charge in [0.1, 0.15) is 0 Å². The maximum absolute atomic E-state index is 5.82. The summed E-state index contributed by atoms with van der Waals surface area (Å²) in [6.07, 6.45) is 0. The third-order valence-electron chi connectivity index (χ3n) is 2.31. The van der Waals surface area contributed by atoms with Gasteiger partial charge in [-0.15, -0.1) is 11.8 Å². The summed E-state index contributed by atoms with van der Waals surface area (Å²) in [5.74, 6) is 0.714. The summed E-state index contributed by atoms with van der Waals surface area (Å²) < 4.78 is 0. The lowest BCUT2D eigenvalue weighted by molar-refractivity contribution is 0.652. The maximum Gasteiger partial charge on any atom is 0.0396 e. The van der Waals surface area contributed by atoms with Gasteiger partial charge in [-0.05, 0) is 31.7 Å². The number of hydrogen-bond donors (Lipinski definition) is 1. The van der Waals surface area contributed by atoms with Crippen LogP contribution in [0.1, 0.15) is 18.5 Å². The Kier molecular flexibility index (Phi) is 6.29. The second-order valence-electron chi connectivity index (χ2n) is 3.42. The van der Waals surface area contributed by atoms with E-state index in [0.29, 0.717) is 16.8 Å². The Hall–Kier alpha value is -0.150. The molecule has 1 atom stereocenters. The Morgan fingerprint density at radius 1 is 1.44 bits per heavy atom. The number of nitrogens with one attached hydrogen (secondary N) is 1. The average Bonchev–Trinajstić information content (AvgIpc) is 2.35. The topological polar surface area (TPSA) is 12.0 Å². The first-order chi connectivity index (χ1) is 7.67. The molecule has 1 unspecified atom stereocenters. The van der Waals surface area contributed by atoms with Gasteiger partial charge in [0.15, 0.2) is 0 Å². The van der Waals surface area contributed by atoms with Crippen molar-refractivity contribution in [1.82, 2.24) is 5.32 Å². The SMILES string of the molecule is CNC(C)c1ccc(SCC(Cl)=CCl)cc1. The van der Waals surface area contributed by atoms with Crippen molar-refractivity contribution in [3.8, 4) is 0 Å². The quantitative estimate of drug-likeness (QED) is 0.801. The van der Waals surface area contributed by atoms with Crippen LogP contribution >= 0.6 is 35.0 Å². The van der Waals surface area contributed by atoms with E-state index in [1.54, 1.807) is 11.8 Å². The highest BCUT2D eigenvalue weighted by Crippen LogP contribution is 2.24. The molecule has 1 aromatic rings. The monoisotopic (exact) mass is 275 g/mol. The number of halogens is 2. The summed E-state index contributed by atoms with van der Waals surface area (Å²) in [5, 5.41) is 3.87. The molecule has 88 valence electrons. The van der Waals surface area contributed by atoms with Crippen molar-refractivity contribution in [2.75, 3.05) is 12.8 Å². The average molecular weight is 276 g/mol. The molecule has 0 aliphatic carbocycles. The molecule has 1 aromatic carbocycles. The van der Waals surface area contributed by atoms with E-state index in [-0.39, 0.29) is 0 Å². The largest absolute Gasteiger partial charge is 0.313 e. The van der Waals surface area contributed by atoms with Crippen molar-refractivity contribution in [1.29, 1.82) is 0 Å². The van der Waals surface area contributed by atoms with E-state index in [2.05, 4.69) is 36.5 Å². The summed E-state index contributed by atoms with van der Waals surface area (Å²) in [4.78, 5) is 1.20. The summed E-state index contributed by atoms with van der Waals surface area (Å²) in [6, 6.07) is 8.84. The second kappa shape index (κ2) is 7.23. The highest BCUT2D eigenvalue weighted by atomic mass is 35.5. The van der Waals surface area contributed by atoms with Crippen LogP contribution in [-0.4, -0.2) is 12.8 Å². The Morgan fingerprint density at radius 3 is 2.56 bits per heavy atom. The van der Waals surface area contributed by atoms with Crippen LogP contribution in [0.5, 0.6) is 0 Å². The summed E-state index contributed by atoms with van der Waals surface area (Å²) in [7, 11) is 1.96. The van der Waals surface area contributed by atoms with E-state index in [0.717, 1.165) is 0 Å². The fourth-order valence-corrected chi connectivity index (χ4v) is 2.25. The third-order valence-corrected chi connectivity index (χ3v) is 4.15. The molecular formula is C12H15Cl2NS. The lowest BCUT2D eigenvalue weighted by atomic mass is 10.1. The third kappa shape index (κ3) is 4.38. The van der Waals surface area contributed by atoms with E-state index < -0.39 is 0 Å². The van der Waals surface area contributed by atoms with Gasteiger partial charge in [0.05, 0.1) is 0 Å². The molecular weight excluding hydrogens is 261 g/mol. The molecule has 0 amide bonds. The van der Waals surface area contributed by atoms with E-state index in [1.807, 2.05) is 7.05 Å². The minimum atomic E-state index is 0.380. The maximum atomic E-state index is 5.82. The lowest BCUT2D eigenvalue weighted by Crippen LogP contribution is -2.11. The van der Waals surface area contributed by atoms with Crippen molar-refractivity contribution in [3.63, 3.8) is 0 Å². The van der Waals surface area contributed by atoms with E-state index in [9.17, 15) is 0 Å². The van der Waals surface area contributed by atoms with Gasteiger partial charge in [-0.25, -0.2) is 0 Å². The van der Waals surface area contributed by atoms with Crippen LogP contribution in [0.15, 0.2) is 39.7 Å². The Bertz CT molecular complexity index is 349. The molecule has 0 heterocycles. The van der Waals surface area contributed by atoms with Crippen LogP contribution < -0.4 is 5.32 Å². The van der Waals surface area contributed by atoms with Crippen LogP contribution in [0.4, 0.5) is 0 Å². The first-order valence-corrected chi connectivity index (χ1v) is 6.82. The zero-order valence-electron chi connectivity index (χ0n) is 9.34. The smallest absolute Gasteiger partial charge is 0.0396 e. The fourth-order valence-electron chi connectivity index (χ4n) is 1.20.